The van der Waals surface area contributed by atoms with Crippen LogP contribution in [0, 0.1) is 0 Å². The fourth-order valence-corrected chi connectivity index (χ4v) is 6.40. The summed E-state index contributed by atoms with van der Waals surface area (Å²) < 4.78 is 38.8. The van der Waals surface area contributed by atoms with Crippen LogP contribution in [0.1, 0.15) is 49.5 Å². The Morgan fingerprint density at radius 3 is 2.47 bits per heavy atom. The number of nitrogens with zero attached hydrogens (tertiary/aromatic N) is 3. The van der Waals surface area contributed by atoms with Gasteiger partial charge in [0.25, 0.3) is 5.91 Å². The van der Waals surface area contributed by atoms with Crippen molar-refractivity contribution in [2.75, 3.05) is 20.2 Å². The van der Waals surface area contributed by atoms with Gasteiger partial charge >= 0.3 is 0 Å². The summed E-state index contributed by atoms with van der Waals surface area (Å²) in [7, 11) is -0.279. The van der Waals surface area contributed by atoms with Gasteiger partial charge in [0.1, 0.15) is 22.0 Å². The maximum Gasteiger partial charge on any atom is 0.253 e. The number of methoxy groups -OCH3 is 1. The molecule has 0 saturated carbocycles. The number of fused-ring (bicyclic) bond motifs is 4. The molecule has 0 atom stereocenters. The van der Waals surface area contributed by atoms with Crippen LogP contribution in [0.5, 0.6) is 11.5 Å². The van der Waals surface area contributed by atoms with E-state index in [4.69, 9.17) is 9.47 Å². The highest BCUT2D eigenvalue weighted by Crippen LogP contribution is 2.49. The molecule has 0 radical (unpaired) electrons. The number of amides is 1. The van der Waals surface area contributed by atoms with Crippen LogP contribution < -0.4 is 9.47 Å². The van der Waals surface area contributed by atoms with Gasteiger partial charge in [0.05, 0.1) is 23.7 Å². The van der Waals surface area contributed by atoms with Gasteiger partial charge in [-0.3, -0.25) is 9.48 Å². The summed E-state index contributed by atoms with van der Waals surface area (Å²) in [6.07, 6.45) is 3.13. The molecule has 2 aliphatic heterocycles. The topological polar surface area (TPSA) is 90.7 Å². The number of aromatic nitrogens is 2. The van der Waals surface area contributed by atoms with Crippen molar-refractivity contribution in [2.45, 2.75) is 48.9 Å². The molecule has 0 unspecified atom stereocenters. The molecule has 0 bridgehead atoms. The summed E-state index contributed by atoms with van der Waals surface area (Å²) in [4.78, 5) is 15.3. The summed E-state index contributed by atoms with van der Waals surface area (Å²) in [6, 6.07) is 12.5. The fraction of sp³-hybridized carbons (Fsp3) is 0.407. The van der Waals surface area contributed by atoms with E-state index in [1.165, 1.54) is 19.2 Å². The zero-order valence-electron chi connectivity index (χ0n) is 21.2. The first kappa shape index (κ1) is 24.4. The standard InChI is InChI=1S/C27H31N3O5S/c1-26(2,3)36(32,33)23-11-10-18(16-22(23)34-5)25(31)30-14-12-27(13-15-30)20-17-28-29(4)24(20)19-8-6-7-9-21(19)35-27/h6-11,16-17H,12-15H2,1-5H3. The third kappa shape index (κ3) is 3.68. The SMILES string of the molecule is COc1cc(C(=O)N2CCC3(CC2)Oc2ccccc2-c2c3cnn2C)ccc1S(=O)(=O)C(C)(C)C. The fourth-order valence-electron chi connectivity index (χ4n) is 5.08. The number of para-hydroxylation sites is 1. The molecule has 1 spiro atoms. The number of sulfone groups is 1. The van der Waals surface area contributed by atoms with Gasteiger partial charge in [0.2, 0.25) is 0 Å². The smallest absolute Gasteiger partial charge is 0.253 e. The quantitative estimate of drug-likeness (QED) is 0.526. The zero-order valence-corrected chi connectivity index (χ0v) is 22.1. The van der Waals surface area contributed by atoms with Crippen LogP contribution in [0.15, 0.2) is 53.6 Å². The van der Waals surface area contributed by atoms with E-state index in [1.54, 1.807) is 31.7 Å². The Hall–Kier alpha value is -3.33. The minimum atomic E-state index is -3.63. The van der Waals surface area contributed by atoms with E-state index < -0.39 is 20.2 Å². The Bertz CT molecular complexity index is 1440. The zero-order chi connectivity index (χ0) is 25.9. The number of hydrogen-bond donors (Lipinski definition) is 0. The van der Waals surface area contributed by atoms with E-state index in [0.717, 1.165) is 22.6 Å². The van der Waals surface area contributed by atoms with E-state index in [0.29, 0.717) is 31.5 Å². The second-order valence-electron chi connectivity index (χ2n) is 10.4. The predicted octanol–water partition coefficient (Wildman–Crippen LogP) is 4.19. The number of carbonyl (C=O) groups is 1. The summed E-state index contributed by atoms with van der Waals surface area (Å²) in [5, 5.41) is 4.51. The first-order chi connectivity index (χ1) is 17.0. The highest BCUT2D eigenvalue weighted by molar-refractivity contribution is 7.92. The minimum absolute atomic E-state index is 0.0880. The number of likely N-dealkylation sites (tertiary alicyclic amines) is 1. The van der Waals surface area contributed by atoms with E-state index in [9.17, 15) is 13.2 Å². The van der Waals surface area contributed by atoms with E-state index >= 15 is 0 Å². The molecule has 2 aromatic carbocycles. The monoisotopic (exact) mass is 509 g/mol. The lowest BCUT2D eigenvalue weighted by Crippen LogP contribution is -2.49. The normalized spacial score (nSPS) is 16.8. The molecule has 2 aliphatic rings. The Morgan fingerprint density at radius 1 is 1.11 bits per heavy atom. The summed E-state index contributed by atoms with van der Waals surface area (Å²) in [6.45, 7) is 5.93. The largest absolute Gasteiger partial charge is 0.495 e. The van der Waals surface area contributed by atoms with Gasteiger partial charge in [-0.05, 0) is 51.1 Å². The number of aryl methyl sites for hydroxylation is 1. The average Bonchev–Trinajstić information content (AvgIpc) is 3.26. The summed E-state index contributed by atoms with van der Waals surface area (Å²) in [5.41, 5.74) is 2.98. The molecule has 3 aromatic rings. The molecule has 1 amide bonds. The summed E-state index contributed by atoms with van der Waals surface area (Å²) in [5.74, 6) is 0.843. The molecular formula is C27H31N3O5S. The molecule has 1 saturated heterocycles. The highest BCUT2D eigenvalue weighted by Gasteiger charge is 2.46. The van der Waals surface area contributed by atoms with Gasteiger partial charge in [-0.1, -0.05) is 12.1 Å². The molecule has 0 aliphatic carbocycles. The molecule has 3 heterocycles. The van der Waals surface area contributed by atoms with Crippen LogP contribution in [0.25, 0.3) is 11.3 Å². The summed E-state index contributed by atoms with van der Waals surface area (Å²) >= 11 is 0. The second-order valence-corrected chi connectivity index (χ2v) is 13.1. The van der Waals surface area contributed by atoms with Crippen molar-refractivity contribution in [2.24, 2.45) is 7.05 Å². The molecule has 190 valence electrons. The van der Waals surface area contributed by atoms with Gasteiger partial charge in [-0.15, -0.1) is 0 Å². The van der Waals surface area contributed by atoms with Crippen molar-refractivity contribution >= 4 is 15.7 Å². The number of hydrogen-bond acceptors (Lipinski definition) is 6. The lowest BCUT2D eigenvalue weighted by molar-refractivity contribution is -0.00173. The van der Waals surface area contributed by atoms with Crippen molar-refractivity contribution in [3.05, 3.63) is 59.8 Å². The molecule has 0 N–H and O–H groups in total. The second kappa shape index (κ2) is 8.37. The average molecular weight is 510 g/mol. The number of piperidine rings is 1. The van der Waals surface area contributed by atoms with Crippen molar-refractivity contribution < 1.29 is 22.7 Å². The van der Waals surface area contributed by atoms with Crippen LogP contribution in [-0.2, 0) is 22.5 Å². The van der Waals surface area contributed by atoms with E-state index in [1.807, 2.05) is 42.2 Å². The van der Waals surface area contributed by atoms with Crippen LogP contribution >= 0.6 is 0 Å². The van der Waals surface area contributed by atoms with Crippen LogP contribution in [-0.4, -0.2) is 54.0 Å². The third-order valence-electron chi connectivity index (χ3n) is 7.24. The number of rotatable bonds is 3. The lowest BCUT2D eigenvalue weighted by atomic mass is 9.81. The first-order valence-electron chi connectivity index (χ1n) is 12.0. The predicted molar refractivity (Wildman–Crippen MR) is 136 cm³/mol. The number of ether oxygens (including phenoxy) is 2. The highest BCUT2D eigenvalue weighted by atomic mass is 32.2. The van der Waals surface area contributed by atoms with Crippen molar-refractivity contribution in [1.29, 1.82) is 0 Å². The van der Waals surface area contributed by atoms with Crippen LogP contribution in [0.2, 0.25) is 0 Å². The van der Waals surface area contributed by atoms with Crippen molar-refractivity contribution in [3.63, 3.8) is 0 Å². The van der Waals surface area contributed by atoms with Gasteiger partial charge < -0.3 is 14.4 Å². The molecule has 8 nitrogen and oxygen atoms in total. The molecule has 1 aromatic heterocycles. The minimum Gasteiger partial charge on any atom is -0.495 e. The molecular weight excluding hydrogens is 478 g/mol. The number of carbonyl (C=O) groups excluding carboxylic acids is 1. The Kier molecular flexibility index (Phi) is 5.66. The molecule has 9 heteroatoms. The van der Waals surface area contributed by atoms with Gasteiger partial charge in [-0.25, -0.2) is 8.42 Å². The lowest BCUT2D eigenvalue weighted by Gasteiger charge is -2.44. The molecule has 36 heavy (non-hydrogen) atoms. The maximum atomic E-state index is 13.4. The number of benzene rings is 2. The first-order valence-corrected chi connectivity index (χ1v) is 13.5. The third-order valence-corrected chi connectivity index (χ3v) is 9.77. The van der Waals surface area contributed by atoms with Gasteiger partial charge in [-0.2, -0.15) is 5.10 Å². The van der Waals surface area contributed by atoms with E-state index in [2.05, 4.69) is 5.10 Å². The van der Waals surface area contributed by atoms with Crippen LogP contribution in [0.4, 0.5) is 0 Å². The Labute approximate surface area is 211 Å². The van der Waals surface area contributed by atoms with Gasteiger partial charge in [0.15, 0.2) is 9.84 Å². The van der Waals surface area contributed by atoms with Crippen molar-refractivity contribution in [3.8, 4) is 22.8 Å². The maximum absolute atomic E-state index is 13.4. The molecule has 5 rings (SSSR count). The Morgan fingerprint density at radius 2 is 1.81 bits per heavy atom. The van der Waals surface area contributed by atoms with Crippen LogP contribution in [0.3, 0.4) is 0 Å². The van der Waals surface area contributed by atoms with Gasteiger partial charge in [0, 0.05) is 49.7 Å². The Balaban J connectivity index is 1.40. The van der Waals surface area contributed by atoms with Crippen molar-refractivity contribution in [1.82, 2.24) is 14.7 Å². The van der Waals surface area contributed by atoms with E-state index in [-0.39, 0.29) is 16.6 Å². The molecule has 1 fully saturated rings.